The monoisotopic (exact) mass is 578 g/mol. The maximum Gasteiger partial charge on any atom is 0.416 e. The van der Waals surface area contributed by atoms with Crippen LogP contribution in [0.5, 0.6) is 0 Å². The lowest BCUT2D eigenvalue weighted by Gasteiger charge is -2.29. The normalized spacial score (nSPS) is 22.6. The first-order chi connectivity index (χ1) is 18.3. The highest BCUT2D eigenvalue weighted by Gasteiger charge is 2.49. The molecule has 2 atom stereocenters. The number of nitrogens with one attached hydrogen (secondary N) is 3. The molecule has 1 aromatic heterocycles. The van der Waals surface area contributed by atoms with Gasteiger partial charge in [0.15, 0.2) is 5.13 Å². The summed E-state index contributed by atoms with van der Waals surface area (Å²) in [4.78, 5) is 29.6. The Morgan fingerprint density at radius 1 is 1.03 bits per heavy atom. The van der Waals surface area contributed by atoms with E-state index in [9.17, 15) is 35.9 Å². The molecule has 1 aliphatic carbocycles. The molecule has 2 unspecified atom stereocenters. The molecule has 0 radical (unpaired) electrons. The highest BCUT2D eigenvalue weighted by Crippen LogP contribution is 2.43. The van der Waals surface area contributed by atoms with Crippen LogP contribution in [0.1, 0.15) is 61.4 Å². The standard InChI is InChI=1S/C25H28F6N4O3S/c1-14(36)33-22-35-20(13-39-22)23(5-2-19(11-23)34-18-3-6-38-7-4-18)21(37)32-12-15-8-16(24(26,27)28)10-17(9-15)25(29,30)31/h8-10,13,18-19,34H,2-7,11-12H2,1H3,(H,32,37)(H,33,35,36). The van der Waals surface area contributed by atoms with Crippen molar-refractivity contribution in [1.82, 2.24) is 15.6 Å². The van der Waals surface area contributed by atoms with Crippen molar-refractivity contribution < 1.29 is 40.7 Å². The summed E-state index contributed by atoms with van der Waals surface area (Å²) in [6.45, 7) is 2.03. The SMILES string of the molecule is CC(=O)Nc1nc(C2(C(=O)NCc3cc(C(F)(F)F)cc(C(F)(F)F)c3)CCC(NC3CCOCC3)C2)cs1. The van der Waals surface area contributed by atoms with Gasteiger partial charge in [0.1, 0.15) is 0 Å². The number of halogens is 6. The van der Waals surface area contributed by atoms with Crippen molar-refractivity contribution in [2.45, 2.75) is 75.4 Å². The van der Waals surface area contributed by atoms with E-state index < -0.39 is 41.3 Å². The van der Waals surface area contributed by atoms with Gasteiger partial charge in [-0.3, -0.25) is 9.59 Å². The van der Waals surface area contributed by atoms with E-state index >= 15 is 0 Å². The molecule has 1 aromatic carbocycles. The summed E-state index contributed by atoms with van der Waals surface area (Å²) in [5, 5.41) is 10.6. The minimum Gasteiger partial charge on any atom is -0.381 e. The first kappa shape index (κ1) is 29.3. The maximum absolute atomic E-state index is 13.6. The largest absolute Gasteiger partial charge is 0.416 e. The topological polar surface area (TPSA) is 92.4 Å². The number of rotatable bonds is 7. The summed E-state index contributed by atoms with van der Waals surface area (Å²) in [5.74, 6) is -0.894. The summed E-state index contributed by atoms with van der Waals surface area (Å²) in [6, 6.07) is 1.40. The highest BCUT2D eigenvalue weighted by atomic mass is 32.1. The van der Waals surface area contributed by atoms with Crippen molar-refractivity contribution in [2.24, 2.45) is 0 Å². The van der Waals surface area contributed by atoms with Crippen LogP contribution in [-0.4, -0.2) is 42.1 Å². The van der Waals surface area contributed by atoms with Gasteiger partial charge >= 0.3 is 12.4 Å². The van der Waals surface area contributed by atoms with Crippen LogP contribution in [0.4, 0.5) is 31.5 Å². The van der Waals surface area contributed by atoms with Crippen LogP contribution in [0, 0.1) is 0 Å². The Kier molecular flexibility index (Phi) is 8.57. The van der Waals surface area contributed by atoms with Crippen molar-refractivity contribution in [3.05, 3.63) is 46.0 Å². The van der Waals surface area contributed by atoms with Gasteiger partial charge in [-0.25, -0.2) is 4.98 Å². The zero-order valence-corrected chi connectivity index (χ0v) is 21.8. The molecule has 0 bridgehead atoms. The Morgan fingerprint density at radius 3 is 2.26 bits per heavy atom. The fraction of sp³-hybridized carbons (Fsp3) is 0.560. The van der Waals surface area contributed by atoms with Crippen LogP contribution < -0.4 is 16.0 Å². The third-order valence-corrected chi connectivity index (χ3v) is 7.78. The molecule has 39 heavy (non-hydrogen) atoms. The van der Waals surface area contributed by atoms with E-state index in [1.807, 2.05) is 0 Å². The number of alkyl halides is 6. The van der Waals surface area contributed by atoms with Gasteiger partial charge in [0.2, 0.25) is 11.8 Å². The predicted octanol–water partition coefficient (Wildman–Crippen LogP) is 5.01. The third kappa shape index (κ3) is 7.09. The van der Waals surface area contributed by atoms with Crippen LogP contribution in [0.15, 0.2) is 23.6 Å². The van der Waals surface area contributed by atoms with Crippen molar-refractivity contribution >= 4 is 28.3 Å². The smallest absolute Gasteiger partial charge is 0.381 e. The molecule has 1 saturated carbocycles. The molecule has 1 saturated heterocycles. The van der Waals surface area contributed by atoms with Gasteiger partial charge in [0.05, 0.1) is 22.2 Å². The van der Waals surface area contributed by atoms with Crippen molar-refractivity contribution in [1.29, 1.82) is 0 Å². The molecule has 2 aliphatic rings. The number of carbonyl (C=O) groups excluding carboxylic acids is 2. The van der Waals surface area contributed by atoms with Crippen molar-refractivity contribution in [3.63, 3.8) is 0 Å². The summed E-state index contributed by atoms with van der Waals surface area (Å²) in [7, 11) is 0. The van der Waals surface area contributed by atoms with E-state index in [0.29, 0.717) is 55.4 Å². The third-order valence-electron chi connectivity index (χ3n) is 7.02. The van der Waals surface area contributed by atoms with E-state index in [1.165, 1.54) is 6.92 Å². The number of hydrogen-bond donors (Lipinski definition) is 3. The molecule has 214 valence electrons. The van der Waals surface area contributed by atoms with Crippen molar-refractivity contribution in [2.75, 3.05) is 18.5 Å². The molecular formula is C25H28F6N4O3S. The lowest BCUT2D eigenvalue weighted by atomic mass is 9.81. The Balaban J connectivity index is 1.57. The molecule has 2 heterocycles. The fourth-order valence-electron chi connectivity index (χ4n) is 5.11. The van der Waals surface area contributed by atoms with Gasteiger partial charge in [-0.1, -0.05) is 0 Å². The summed E-state index contributed by atoms with van der Waals surface area (Å²) < 4.78 is 85.1. The number of carbonyl (C=O) groups is 2. The van der Waals surface area contributed by atoms with Gasteiger partial charge < -0.3 is 20.7 Å². The molecule has 2 amide bonds. The number of ether oxygens (including phenoxy) is 1. The highest BCUT2D eigenvalue weighted by molar-refractivity contribution is 7.14. The molecule has 2 fully saturated rings. The van der Waals surface area contributed by atoms with Gasteiger partial charge in [0, 0.05) is 44.1 Å². The second-order valence-electron chi connectivity index (χ2n) is 9.89. The number of benzene rings is 1. The number of hydrogen-bond acceptors (Lipinski definition) is 6. The molecule has 14 heteroatoms. The first-order valence-corrected chi connectivity index (χ1v) is 13.3. The zero-order valence-electron chi connectivity index (χ0n) is 21.0. The lowest BCUT2D eigenvalue weighted by Crippen LogP contribution is -2.46. The maximum atomic E-state index is 13.6. The Hall–Kier alpha value is -2.71. The Labute approximate surface area is 224 Å². The van der Waals surface area contributed by atoms with E-state index in [1.54, 1.807) is 5.38 Å². The molecule has 2 aromatic rings. The van der Waals surface area contributed by atoms with E-state index in [0.717, 1.165) is 24.2 Å². The van der Waals surface area contributed by atoms with Gasteiger partial charge in [-0.2, -0.15) is 26.3 Å². The van der Waals surface area contributed by atoms with Crippen LogP contribution in [-0.2, 0) is 38.6 Å². The number of nitrogens with zero attached hydrogens (tertiary/aromatic N) is 1. The minimum absolute atomic E-state index is 0.0508. The number of anilines is 1. The average Bonchev–Trinajstić information content (AvgIpc) is 3.49. The molecule has 0 spiro atoms. The second kappa shape index (κ2) is 11.4. The van der Waals surface area contributed by atoms with Gasteiger partial charge in [0.25, 0.3) is 0 Å². The Bertz CT molecular complexity index is 1160. The molecule has 3 N–H and O–H groups in total. The number of aromatic nitrogens is 1. The average molecular weight is 579 g/mol. The summed E-state index contributed by atoms with van der Waals surface area (Å²) in [6.07, 6.45) is -7.05. The zero-order chi connectivity index (χ0) is 28.4. The van der Waals surface area contributed by atoms with Crippen LogP contribution in [0.2, 0.25) is 0 Å². The second-order valence-corrected chi connectivity index (χ2v) is 10.7. The van der Waals surface area contributed by atoms with Crippen LogP contribution in [0.3, 0.4) is 0 Å². The van der Waals surface area contributed by atoms with Crippen LogP contribution in [0.25, 0.3) is 0 Å². The van der Waals surface area contributed by atoms with E-state index in [-0.39, 0.29) is 29.6 Å². The van der Waals surface area contributed by atoms with E-state index in [4.69, 9.17) is 4.74 Å². The summed E-state index contributed by atoms with van der Waals surface area (Å²) in [5.41, 5.74) is -4.00. The minimum atomic E-state index is -4.99. The lowest BCUT2D eigenvalue weighted by molar-refractivity contribution is -0.143. The molecule has 4 rings (SSSR count). The molecule has 1 aliphatic heterocycles. The van der Waals surface area contributed by atoms with Crippen LogP contribution >= 0.6 is 11.3 Å². The predicted molar refractivity (Wildman–Crippen MR) is 131 cm³/mol. The quantitative estimate of drug-likeness (QED) is 0.402. The van der Waals surface area contributed by atoms with Crippen molar-refractivity contribution in [3.8, 4) is 0 Å². The number of amides is 2. The molecule has 7 nitrogen and oxygen atoms in total. The number of thiazole rings is 1. The van der Waals surface area contributed by atoms with Gasteiger partial charge in [-0.05, 0) is 55.9 Å². The molecular weight excluding hydrogens is 550 g/mol. The van der Waals surface area contributed by atoms with Gasteiger partial charge in [-0.15, -0.1) is 11.3 Å². The summed E-state index contributed by atoms with van der Waals surface area (Å²) >= 11 is 1.13. The first-order valence-electron chi connectivity index (χ1n) is 12.4. The van der Waals surface area contributed by atoms with E-state index in [2.05, 4.69) is 20.9 Å². The fourth-order valence-corrected chi connectivity index (χ4v) is 5.97. The Morgan fingerprint density at radius 2 is 1.67 bits per heavy atom.